The van der Waals surface area contributed by atoms with Gasteiger partial charge in [0.05, 0.1) is 4.83 Å². The Labute approximate surface area is 240 Å². The lowest BCUT2D eigenvalue weighted by atomic mass is 9.41. The maximum Gasteiger partial charge on any atom is 0.200 e. The molecule has 3 saturated carbocycles. The molecule has 0 saturated heterocycles. The first-order valence-electron chi connectivity index (χ1n) is 14.7. The van der Waals surface area contributed by atoms with E-state index in [0.717, 1.165) is 19.3 Å². The van der Waals surface area contributed by atoms with E-state index in [1.165, 1.54) is 0 Å². The van der Waals surface area contributed by atoms with Gasteiger partial charge in [-0.3, -0.25) is 9.59 Å². The number of halogens is 1. The van der Waals surface area contributed by atoms with Gasteiger partial charge in [0, 0.05) is 37.6 Å². The summed E-state index contributed by atoms with van der Waals surface area (Å²) in [7, 11) is 1.03. The predicted molar refractivity (Wildman–Crippen MR) is 157 cm³/mol. The lowest BCUT2D eigenvalue weighted by molar-refractivity contribution is -0.216. The van der Waals surface area contributed by atoms with Crippen LogP contribution in [0.1, 0.15) is 81.6 Å². The third-order valence-corrected chi connectivity index (χ3v) is 18.2. The van der Waals surface area contributed by atoms with E-state index in [-0.39, 0.29) is 52.3 Å². The third-order valence-electron chi connectivity index (χ3n) is 10.9. The van der Waals surface area contributed by atoms with Crippen molar-refractivity contribution < 1.29 is 28.2 Å². The lowest BCUT2D eigenvalue weighted by Crippen LogP contribution is -2.70. The second-order valence-electron chi connectivity index (χ2n) is 13.8. The number of ether oxygens (including phenoxy) is 3. The normalized spacial score (nSPS) is 40.1. The summed E-state index contributed by atoms with van der Waals surface area (Å²) in [5.74, 6) is 0.0760. The molecule has 38 heavy (non-hydrogen) atoms. The van der Waals surface area contributed by atoms with Crippen LogP contribution in [0.25, 0.3) is 0 Å². The summed E-state index contributed by atoms with van der Waals surface area (Å²) < 4.78 is 24.5. The van der Waals surface area contributed by atoms with Crippen LogP contribution < -0.4 is 0 Å². The smallest absolute Gasteiger partial charge is 0.200 e. The number of carbonyl (C=O) groups excluding carboxylic acids is 2. The van der Waals surface area contributed by atoms with Crippen molar-refractivity contribution in [2.45, 2.75) is 115 Å². The number of Topliss-reactive ketones (excluding diaryl/α,β-unsaturated/α-hetero) is 2. The maximum atomic E-state index is 14.6. The van der Waals surface area contributed by atoms with Gasteiger partial charge < -0.3 is 18.6 Å². The largest absolute Gasteiger partial charge is 0.415 e. The molecule has 9 atom stereocenters. The monoisotopic (exact) mass is 616 g/mol. The van der Waals surface area contributed by atoms with Gasteiger partial charge in [0.1, 0.15) is 19.0 Å². The van der Waals surface area contributed by atoms with Gasteiger partial charge in [0.15, 0.2) is 19.9 Å². The van der Waals surface area contributed by atoms with Crippen molar-refractivity contribution in [3.63, 3.8) is 0 Å². The minimum atomic E-state index is -2.17. The Morgan fingerprint density at radius 3 is 2.08 bits per heavy atom. The Morgan fingerprint density at radius 1 is 1.00 bits per heavy atom. The van der Waals surface area contributed by atoms with E-state index in [9.17, 15) is 9.59 Å². The zero-order valence-corrected chi connectivity index (χ0v) is 28.2. The minimum absolute atomic E-state index is 0.0347. The van der Waals surface area contributed by atoms with E-state index in [0.29, 0.717) is 23.2 Å². The van der Waals surface area contributed by atoms with Gasteiger partial charge in [-0.25, -0.2) is 0 Å². The molecular weight excluding hydrogens is 564 g/mol. The van der Waals surface area contributed by atoms with Crippen molar-refractivity contribution in [3.8, 4) is 0 Å². The second-order valence-corrected chi connectivity index (χ2v) is 20.2. The van der Waals surface area contributed by atoms with Crippen molar-refractivity contribution >= 4 is 35.8 Å². The van der Waals surface area contributed by atoms with Crippen LogP contribution in [0.4, 0.5) is 0 Å². The number of fused-ring (bicyclic) bond motifs is 3. The molecule has 3 rings (SSSR count). The molecule has 0 aromatic rings. The van der Waals surface area contributed by atoms with Crippen molar-refractivity contribution in [1.29, 1.82) is 0 Å². The fraction of sp³-hybridized carbons (Fsp3) is 0.933. The molecule has 0 heterocycles. The zero-order chi connectivity index (χ0) is 28.8. The van der Waals surface area contributed by atoms with Crippen LogP contribution in [-0.2, 0) is 28.2 Å². The van der Waals surface area contributed by atoms with Gasteiger partial charge in [0.25, 0.3) is 0 Å². The topological polar surface area (TPSA) is 71.1 Å². The predicted octanol–water partition coefficient (Wildman–Crippen LogP) is 6.79. The fourth-order valence-corrected chi connectivity index (χ4v) is 15.8. The molecule has 0 aromatic carbocycles. The first kappa shape index (κ1) is 32.4. The van der Waals surface area contributed by atoms with Gasteiger partial charge in [-0.2, -0.15) is 0 Å². The number of ketones is 2. The van der Waals surface area contributed by atoms with Crippen LogP contribution in [-0.4, -0.2) is 64.5 Å². The summed E-state index contributed by atoms with van der Waals surface area (Å²) in [5.41, 5.74) is 0.366. The Morgan fingerprint density at radius 2 is 1.58 bits per heavy atom. The molecule has 6 nitrogen and oxygen atoms in total. The summed E-state index contributed by atoms with van der Waals surface area (Å²) in [6.07, 6.45) is 1.49. The first-order chi connectivity index (χ1) is 17.7. The quantitative estimate of drug-likeness (QED) is 0.153. The van der Waals surface area contributed by atoms with Gasteiger partial charge in [-0.05, 0) is 53.6 Å². The number of hydrogen-bond donors (Lipinski definition) is 0. The summed E-state index contributed by atoms with van der Waals surface area (Å²) >= 11 is 3.69. The van der Waals surface area contributed by atoms with Gasteiger partial charge in [-0.1, -0.05) is 78.2 Å². The van der Waals surface area contributed by atoms with Crippen molar-refractivity contribution in [1.82, 2.24) is 0 Å². The van der Waals surface area contributed by atoms with Gasteiger partial charge >= 0.3 is 0 Å². The van der Waals surface area contributed by atoms with E-state index in [4.69, 9.17) is 18.6 Å². The summed E-state index contributed by atoms with van der Waals surface area (Å²) in [6.45, 7) is 20.9. The number of carbonyl (C=O) groups is 2. The van der Waals surface area contributed by atoms with Crippen LogP contribution in [0.5, 0.6) is 0 Å². The van der Waals surface area contributed by atoms with Crippen molar-refractivity contribution in [2.24, 2.45) is 34.5 Å². The van der Waals surface area contributed by atoms with Crippen LogP contribution in [0.15, 0.2) is 0 Å². The van der Waals surface area contributed by atoms with Crippen LogP contribution in [0.2, 0.25) is 16.6 Å². The number of methoxy groups -OCH3 is 2. The van der Waals surface area contributed by atoms with Gasteiger partial charge in [-0.15, -0.1) is 0 Å². The standard InChI is InChI=1S/C30H53BrO6Si/c1-17(2)38(18(3)4,19(5)6)37-15-30-13-12-22-21(8)23(31)24(32)28(35-11)29(22,9)27(30)25(33)26(20(7)14-30)36-16-34-10/h17-23,26-28H,12-16H2,1-11H3/t20-,21+,22+,23?,26-,27-,28-,29+,30+/m1/s1. The van der Waals surface area contributed by atoms with E-state index < -0.39 is 25.9 Å². The molecule has 0 radical (unpaired) electrons. The molecule has 0 amide bonds. The molecule has 0 aromatic heterocycles. The molecule has 8 heteroatoms. The first-order valence-corrected chi connectivity index (χ1v) is 17.7. The Kier molecular flexibility index (Phi) is 10.2. The summed E-state index contributed by atoms with van der Waals surface area (Å²) in [6, 6.07) is 0. The minimum Gasteiger partial charge on any atom is -0.415 e. The Balaban J connectivity index is 2.16. The van der Waals surface area contributed by atoms with Crippen LogP contribution >= 0.6 is 15.9 Å². The average molecular weight is 618 g/mol. The highest BCUT2D eigenvalue weighted by molar-refractivity contribution is 9.10. The zero-order valence-electron chi connectivity index (χ0n) is 25.6. The Bertz CT molecular complexity index is 842. The lowest BCUT2D eigenvalue weighted by Gasteiger charge is -2.65. The van der Waals surface area contributed by atoms with E-state index in [1.54, 1.807) is 14.2 Å². The van der Waals surface area contributed by atoms with E-state index in [2.05, 4.69) is 78.2 Å². The number of rotatable bonds is 10. The Hall–Kier alpha value is -0.123. The highest BCUT2D eigenvalue weighted by Gasteiger charge is 2.69. The van der Waals surface area contributed by atoms with Crippen LogP contribution in [0, 0.1) is 34.5 Å². The SMILES string of the molecule is COCO[C@H]1C(=O)[C@H]2[C@@](CO[Si](C(C)C)(C(C)C)C(C)C)(CC[C@H]3[C@H](C)C(Br)C(=O)[C@@H](OC)[C@@]32C)C[C@H]1C. The van der Waals surface area contributed by atoms with E-state index >= 15 is 0 Å². The van der Waals surface area contributed by atoms with Crippen molar-refractivity contribution in [3.05, 3.63) is 0 Å². The summed E-state index contributed by atoms with van der Waals surface area (Å²) in [4.78, 5) is 28.0. The molecule has 3 aliphatic rings. The maximum absolute atomic E-state index is 14.6. The third kappa shape index (κ3) is 4.95. The van der Waals surface area contributed by atoms with E-state index in [1.807, 2.05) is 0 Å². The molecular formula is C30H53BrO6Si. The average Bonchev–Trinajstić information content (AvgIpc) is 2.82. The fourth-order valence-electron chi connectivity index (χ4n) is 9.62. The number of alkyl halides is 1. The molecule has 1 unspecified atom stereocenters. The summed E-state index contributed by atoms with van der Waals surface area (Å²) in [5, 5.41) is 0. The molecule has 0 spiro atoms. The molecule has 0 N–H and O–H groups in total. The highest BCUT2D eigenvalue weighted by atomic mass is 79.9. The van der Waals surface area contributed by atoms with Crippen LogP contribution in [0.3, 0.4) is 0 Å². The van der Waals surface area contributed by atoms with Gasteiger partial charge in [0.2, 0.25) is 0 Å². The van der Waals surface area contributed by atoms with Crippen molar-refractivity contribution in [2.75, 3.05) is 27.6 Å². The molecule has 0 bridgehead atoms. The molecule has 220 valence electrons. The molecule has 3 aliphatic carbocycles. The number of hydrogen-bond acceptors (Lipinski definition) is 6. The molecule has 0 aliphatic heterocycles. The second kappa shape index (κ2) is 12.0. The molecule has 3 fully saturated rings. The highest BCUT2D eigenvalue weighted by Crippen LogP contribution is 2.66.